The molecule has 1 aromatic rings. The number of ether oxygens (including phenoxy) is 1. The third-order valence-electron chi connectivity index (χ3n) is 2.26. The number of carbonyl (C=O) groups is 1. The van der Waals surface area contributed by atoms with Crippen molar-refractivity contribution in [2.45, 2.75) is 40.2 Å². The van der Waals surface area contributed by atoms with E-state index < -0.39 is 11.7 Å². The highest BCUT2D eigenvalue weighted by atomic mass is 35.5. The van der Waals surface area contributed by atoms with Crippen LogP contribution in [0.3, 0.4) is 0 Å². The highest BCUT2D eigenvalue weighted by Gasteiger charge is 2.21. The molecule has 8 heteroatoms. The number of hydrogen-bond donors (Lipinski definition) is 1. The van der Waals surface area contributed by atoms with Gasteiger partial charge in [-0.1, -0.05) is 25.4 Å². The zero-order valence-corrected chi connectivity index (χ0v) is 14.1. The molecule has 0 saturated heterocycles. The Labute approximate surface area is 135 Å². The molecule has 1 aromatic heterocycles. The van der Waals surface area contributed by atoms with Crippen molar-refractivity contribution in [2.75, 3.05) is 11.6 Å². The number of anilines is 1. The van der Waals surface area contributed by atoms with Gasteiger partial charge >= 0.3 is 6.09 Å². The number of carbonyl (C=O) groups excluding carboxylic acids is 1. The fourth-order valence-electron chi connectivity index (χ4n) is 1.51. The van der Waals surface area contributed by atoms with Crippen molar-refractivity contribution >= 4 is 23.6 Å². The SMILES string of the molecule is CC(C)CN(NC(=O)OC(C)(C)C)c1ncc(C#N)c(Cl)n1. The summed E-state index contributed by atoms with van der Waals surface area (Å²) in [6, 6.07) is 1.89. The van der Waals surface area contributed by atoms with Crippen molar-refractivity contribution < 1.29 is 9.53 Å². The zero-order chi connectivity index (χ0) is 16.9. The van der Waals surface area contributed by atoms with Gasteiger partial charge in [-0.3, -0.25) is 0 Å². The lowest BCUT2D eigenvalue weighted by atomic mass is 10.2. The summed E-state index contributed by atoms with van der Waals surface area (Å²) >= 11 is 5.91. The number of rotatable bonds is 4. The number of aromatic nitrogens is 2. The van der Waals surface area contributed by atoms with Crippen molar-refractivity contribution in [1.82, 2.24) is 15.4 Å². The summed E-state index contributed by atoms with van der Waals surface area (Å²) in [5.41, 5.74) is 2.15. The molecule has 0 spiro atoms. The molecule has 0 aliphatic carbocycles. The number of hydrazine groups is 1. The fraction of sp³-hybridized carbons (Fsp3) is 0.571. The Hall–Kier alpha value is -2.07. The van der Waals surface area contributed by atoms with E-state index in [9.17, 15) is 4.79 Å². The molecule has 120 valence electrons. The largest absolute Gasteiger partial charge is 0.443 e. The average molecular weight is 326 g/mol. The van der Waals surface area contributed by atoms with Crippen LogP contribution < -0.4 is 10.4 Å². The summed E-state index contributed by atoms with van der Waals surface area (Å²) in [7, 11) is 0. The zero-order valence-electron chi connectivity index (χ0n) is 13.3. The second-order valence-electron chi connectivity index (χ2n) is 6.10. The first-order valence-electron chi connectivity index (χ1n) is 6.82. The minimum atomic E-state index is -0.614. The smallest absolute Gasteiger partial charge is 0.426 e. The average Bonchev–Trinajstić information content (AvgIpc) is 2.35. The van der Waals surface area contributed by atoms with Gasteiger partial charge in [0.1, 0.15) is 17.2 Å². The Morgan fingerprint density at radius 3 is 2.64 bits per heavy atom. The van der Waals surface area contributed by atoms with Gasteiger partial charge in [0.15, 0.2) is 5.15 Å². The molecular formula is C14H20ClN5O2. The van der Waals surface area contributed by atoms with Crippen LogP contribution >= 0.6 is 11.6 Å². The van der Waals surface area contributed by atoms with Crippen LogP contribution in [0.1, 0.15) is 40.2 Å². The van der Waals surface area contributed by atoms with Crippen molar-refractivity contribution in [1.29, 1.82) is 5.26 Å². The van der Waals surface area contributed by atoms with E-state index in [-0.39, 0.29) is 22.6 Å². The van der Waals surface area contributed by atoms with Crippen LogP contribution in [-0.2, 0) is 4.74 Å². The van der Waals surface area contributed by atoms with Crippen LogP contribution in [0.2, 0.25) is 5.15 Å². The lowest BCUT2D eigenvalue weighted by Crippen LogP contribution is -2.47. The van der Waals surface area contributed by atoms with Gasteiger partial charge in [0, 0.05) is 6.54 Å². The van der Waals surface area contributed by atoms with E-state index >= 15 is 0 Å². The molecule has 0 atom stereocenters. The molecule has 1 rings (SSSR count). The second kappa shape index (κ2) is 7.27. The lowest BCUT2D eigenvalue weighted by molar-refractivity contribution is 0.0518. The normalized spacial score (nSPS) is 11.0. The maximum absolute atomic E-state index is 11.9. The van der Waals surface area contributed by atoms with E-state index in [2.05, 4.69) is 15.4 Å². The monoisotopic (exact) mass is 325 g/mol. The van der Waals surface area contributed by atoms with Gasteiger partial charge in [-0.25, -0.2) is 20.2 Å². The Kier molecular flexibility index (Phi) is 5.94. The first-order chi connectivity index (χ1) is 10.1. The molecule has 0 unspecified atom stereocenters. The van der Waals surface area contributed by atoms with E-state index in [1.54, 1.807) is 20.8 Å². The predicted molar refractivity (Wildman–Crippen MR) is 83.3 cm³/mol. The molecule has 0 aliphatic rings. The Morgan fingerprint density at radius 1 is 1.55 bits per heavy atom. The molecule has 0 radical (unpaired) electrons. The van der Waals surface area contributed by atoms with Gasteiger partial charge in [-0.2, -0.15) is 10.2 Å². The standard InChI is InChI=1S/C14H20ClN5O2/c1-9(2)8-20(19-13(21)22-14(3,4)5)12-17-7-10(6-16)11(15)18-12/h7,9H,8H2,1-5H3,(H,19,21). The highest BCUT2D eigenvalue weighted by molar-refractivity contribution is 6.30. The van der Waals surface area contributed by atoms with Gasteiger partial charge in [0.05, 0.1) is 6.20 Å². The van der Waals surface area contributed by atoms with Crippen LogP contribution in [0.25, 0.3) is 0 Å². The Bertz CT molecular complexity index is 578. The third-order valence-corrected chi connectivity index (χ3v) is 2.55. The van der Waals surface area contributed by atoms with Crippen LogP contribution in [0, 0.1) is 17.2 Å². The van der Waals surface area contributed by atoms with Crippen LogP contribution in [0.5, 0.6) is 0 Å². The maximum Gasteiger partial charge on any atom is 0.426 e. The number of hydrogen-bond acceptors (Lipinski definition) is 6. The molecule has 0 saturated carbocycles. The molecule has 7 nitrogen and oxygen atoms in total. The Balaban J connectivity index is 2.96. The first kappa shape index (κ1) is 18.0. The van der Waals surface area contributed by atoms with Crippen LogP contribution in [0.15, 0.2) is 6.20 Å². The number of nitrogens with one attached hydrogen (secondary N) is 1. The lowest BCUT2D eigenvalue weighted by Gasteiger charge is -2.27. The van der Waals surface area contributed by atoms with Crippen molar-refractivity contribution in [2.24, 2.45) is 5.92 Å². The van der Waals surface area contributed by atoms with Gasteiger partial charge in [-0.15, -0.1) is 0 Å². The molecule has 0 bridgehead atoms. The molecule has 1 heterocycles. The van der Waals surface area contributed by atoms with Gasteiger partial charge < -0.3 is 4.74 Å². The highest BCUT2D eigenvalue weighted by Crippen LogP contribution is 2.16. The van der Waals surface area contributed by atoms with E-state index in [1.165, 1.54) is 11.2 Å². The summed E-state index contributed by atoms with van der Waals surface area (Å²) in [4.78, 5) is 20.0. The number of amides is 1. The summed E-state index contributed by atoms with van der Waals surface area (Å²) in [6.07, 6.45) is 0.701. The molecule has 1 amide bonds. The van der Waals surface area contributed by atoms with E-state index in [0.717, 1.165) is 0 Å². The minimum absolute atomic E-state index is 0.0345. The molecular weight excluding hydrogens is 306 g/mol. The maximum atomic E-state index is 11.9. The van der Waals surface area contributed by atoms with Gasteiger partial charge in [-0.05, 0) is 26.7 Å². The first-order valence-corrected chi connectivity index (χ1v) is 7.20. The summed E-state index contributed by atoms with van der Waals surface area (Å²) in [6.45, 7) is 9.74. The third kappa shape index (κ3) is 5.74. The molecule has 0 aromatic carbocycles. The summed E-state index contributed by atoms with van der Waals surface area (Å²) in [5, 5.41) is 10.3. The van der Waals surface area contributed by atoms with Crippen LogP contribution in [-0.4, -0.2) is 28.2 Å². The van der Waals surface area contributed by atoms with Crippen molar-refractivity contribution in [3.63, 3.8) is 0 Å². The molecule has 0 aliphatic heterocycles. The molecule has 22 heavy (non-hydrogen) atoms. The number of nitrogens with zero attached hydrogens (tertiary/aromatic N) is 4. The number of nitriles is 1. The second-order valence-corrected chi connectivity index (χ2v) is 6.46. The van der Waals surface area contributed by atoms with E-state index in [1.807, 2.05) is 19.9 Å². The van der Waals surface area contributed by atoms with Gasteiger partial charge in [0.2, 0.25) is 5.95 Å². The van der Waals surface area contributed by atoms with Crippen molar-refractivity contribution in [3.8, 4) is 6.07 Å². The van der Waals surface area contributed by atoms with E-state index in [0.29, 0.717) is 6.54 Å². The molecule has 1 N–H and O–H groups in total. The van der Waals surface area contributed by atoms with E-state index in [4.69, 9.17) is 21.6 Å². The summed E-state index contributed by atoms with van der Waals surface area (Å²) in [5.74, 6) is 0.427. The fourth-order valence-corrected chi connectivity index (χ4v) is 1.68. The Morgan fingerprint density at radius 2 is 2.18 bits per heavy atom. The number of halogens is 1. The van der Waals surface area contributed by atoms with Crippen molar-refractivity contribution in [3.05, 3.63) is 16.9 Å². The van der Waals surface area contributed by atoms with Crippen LogP contribution in [0.4, 0.5) is 10.7 Å². The summed E-state index contributed by atoms with van der Waals surface area (Å²) < 4.78 is 5.21. The predicted octanol–water partition coefficient (Wildman–Crippen LogP) is 2.90. The topological polar surface area (TPSA) is 91.1 Å². The molecule has 0 fully saturated rings. The quantitative estimate of drug-likeness (QED) is 0.676. The van der Waals surface area contributed by atoms with Gasteiger partial charge in [0.25, 0.3) is 0 Å². The minimum Gasteiger partial charge on any atom is -0.443 e.